The second-order valence-electron chi connectivity index (χ2n) is 17.7. The van der Waals surface area contributed by atoms with Crippen molar-refractivity contribution in [1.29, 1.82) is 0 Å². The first kappa shape index (κ1) is 31.3. The molecule has 0 aromatic heterocycles. The monoisotopic (exact) mass is 560 g/mol. The molecule has 0 bridgehead atoms. The van der Waals surface area contributed by atoms with E-state index >= 15 is 4.79 Å². The molecule has 0 aromatic rings. The smallest absolute Gasteiger partial charge is 0.139 e. The van der Waals surface area contributed by atoms with Crippen LogP contribution >= 0.6 is 0 Å². The fraction of sp³-hybridized carbons (Fsp3) is 0.865. The molecule has 5 fully saturated rings. The van der Waals surface area contributed by atoms with Crippen LogP contribution in [0.2, 0.25) is 5.82 Å². The highest BCUT2D eigenvalue weighted by Crippen LogP contribution is 2.82. The average Bonchev–Trinajstić information content (AvgIpc) is 2.87. The summed E-state index contributed by atoms with van der Waals surface area (Å²) in [5.74, 6) is -0.393. The van der Waals surface area contributed by atoms with Gasteiger partial charge in [0.1, 0.15) is 11.6 Å². The fourth-order valence-electron chi connectivity index (χ4n) is 12.8. The lowest BCUT2D eigenvalue weighted by atomic mass is 9.24. The van der Waals surface area contributed by atoms with E-state index in [9.17, 15) is 9.90 Å². The van der Waals surface area contributed by atoms with Crippen molar-refractivity contribution >= 4 is 19.4 Å². The maximum atomic E-state index is 15.2. The molecule has 1 N–H and O–H groups in total. The first-order chi connectivity index (χ1) is 18.8. The minimum atomic E-state index is -0.623. The average molecular weight is 561 g/mol. The second-order valence-corrected chi connectivity index (χ2v) is 17.7. The Bertz CT molecular complexity index is 1180. The van der Waals surface area contributed by atoms with Gasteiger partial charge in [-0.15, -0.1) is 5.73 Å². The number of allylic oxidation sites excluding steroid dienone is 1. The van der Waals surface area contributed by atoms with Gasteiger partial charge in [0, 0.05) is 23.2 Å². The van der Waals surface area contributed by atoms with E-state index in [0.29, 0.717) is 12.2 Å². The zero-order valence-electron chi connectivity index (χ0n) is 27.7. The zero-order chi connectivity index (χ0) is 30.7. The molecule has 0 heterocycles. The van der Waals surface area contributed by atoms with E-state index in [1.165, 1.54) is 0 Å². The summed E-state index contributed by atoms with van der Waals surface area (Å²) in [6.07, 6.45) is 11.1. The molecule has 10 atom stereocenters. The summed E-state index contributed by atoms with van der Waals surface area (Å²) in [6, 6.07) is 0. The van der Waals surface area contributed by atoms with Crippen molar-refractivity contribution < 1.29 is 14.7 Å². The van der Waals surface area contributed by atoms with Crippen molar-refractivity contribution in [3.05, 3.63) is 18.4 Å². The number of carbonyl (C=O) groups is 2. The van der Waals surface area contributed by atoms with Crippen LogP contribution in [0.1, 0.15) is 133 Å². The summed E-state index contributed by atoms with van der Waals surface area (Å²) in [4.78, 5) is 29.5. The van der Waals surface area contributed by atoms with E-state index in [1.54, 1.807) is 0 Å². The van der Waals surface area contributed by atoms with Crippen LogP contribution in [0.5, 0.6) is 0 Å². The van der Waals surface area contributed by atoms with Crippen molar-refractivity contribution in [3.63, 3.8) is 0 Å². The van der Waals surface area contributed by atoms with Crippen LogP contribution in [0.25, 0.3) is 0 Å². The first-order valence-electron chi connectivity index (χ1n) is 16.7. The van der Waals surface area contributed by atoms with Crippen LogP contribution in [0.3, 0.4) is 0 Å². The van der Waals surface area contributed by atoms with Gasteiger partial charge < -0.3 is 5.11 Å². The molecule has 3 nitrogen and oxygen atoms in total. The second kappa shape index (κ2) is 9.20. The molecule has 41 heavy (non-hydrogen) atoms. The van der Waals surface area contributed by atoms with E-state index in [2.05, 4.69) is 80.7 Å². The highest BCUT2D eigenvalue weighted by atomic mass is 16.3. The number of aliphatic hydroxyl groups excluding tert-OH is 1. The lowest BCUT2D eigenvalue weighted by Gasteiger charge is -2.78. The van der Waals surface area contributed by atoms with Crippen LogP contribution in [0, 0.1) is 55.2 Å². The minimum absolute atomic E-state index is 0.00434. The Morgan fingerprint density at radius 3 is 2.17 bits per heavy atom. The Balaban J connectivity index is 1.75. The number of aliphatic hydroxyl groups is 1. The van der Waals surface area contributed by atoms with Crippen molar-refractivity contribution in [2.75, 3.05) is 0 Å². The third-order valence-corrected chi connectivity index (χ3v) is 15.7. The van der Waals surface area contributed by atoms with Crippen molar-refractivity contribution in [2.45, 2.75) is 145 Å². The van der Waals surface area contributed by atoms with Crippen molar-refractivity contribution in [2.24, 2.45) is 55.2 Å². The third-order valence-electron chi connectivity index (χ3n) is 15.7. The van der Waals surface area contributed by atoms with E-state index in [-0.39, 0.29) is 56.2 Å². The molecular weight excluding hydrogens is 503 g/mol. The molecular formula is C37H57BO3. The fourth-order valence-corrected chi connectivity index (χ4v) is 12.8. The molecule has 226 valence electrons. The largest absolute Gasteiger partial charge is 0.393 e. The highest BCUT2D eigenvalue weighted by molar-refractivity contribution is 6.25. The normalized spacial score (nSPS) is 51.7. The van der Waals surface area contributed by atoms with Gasteiger partial charge in [0.2, 0.25) is 0 Å². The van der Waals surface area contributed by atoms with Crippen LogP contribution in [-0.4, -0.2) is 30.6 Å². The number of hydrogen-bond acceptors (Lipinski definition) is 3. The molecule has 4 heteroatoms. The maximum Gasteiger partial charge on any atom is 0.139 e. The van der Waals surface area contributed by atoms with Crippen LogP contribution in [0.15, 0.2) is 18.4 Å². The van der Waals surface area contributed by atoms with Crippen LogP contribution < -0.4 is 0 Å². The standard InChI is InChI=1S/C37H57BO3/c1-11-13-25(40)36-21-17-30(3,4)23-37(36,15-12-2)29-27(41)26(38)28-32(7,33(29,8)19-22-36)18-20-35(10)31(5,6)24(39)14-16-34(28,35)9/h15,24,26,28-29,39H,2,11,13-14,16-23H2,1,3-10H3/t24-,26?,28?,29-,32+,33+,34+,35-,36+,37-/m0/s1. The molecule has 5 rings (SSSR count). The lowest BCUT2D eigenvalue weighted by Crippen LogP contribution is -2.75. The minimum Gasteiger partial charge on any atom is -0.393 e. The van der Waals surface area contributed by atoms with Gasteiger partial charge in [-0.05, 0) is 115 Å². The van der Waals surface area contributed by atoms with E-state index in [4.69, 9.17) is 7.85 Å². The molecule has 0 amide bonds. The third kappa shape index (κ3) is 3.50. The Morgan fingerprint density at radius 2 is 1.56 bits per heavy atom. The number of Topliss-reactive ketones (excluding diaryl/α,β-unsaturated/α-hetero) is 2. The van der Waals surface area contributed by atoms with Gasteiger partial charge in [-0.1, -0.05) is 68.9 Å². The molecule has 0 aliphatic heterocycles. The predicted molar refractivity (Wildman–Crippen MR) is 168 cm³/mol. The Hall–Kier alpha value is -1.12. The van der Waals surface area contributed by atoms with Crippen molar-refractivity contribution in [3.8, 4) is 0 Å². The number of ketones is 2. The molecule has 0 spiro atoms. The first-order valence-corrected chi connectivity index (χ1v) is 16.7. The lowest BCUT2D eigenvalue weighted by molar-refractivity contribution is -0.280. The van der Waals surface area contributed by atoms with Gasteiger partial charge >= 0.3 is 0 Å². The summed E-state index contributed by atoms with van der Waals surface area (Å²) >= 11 is 0. The molecule has 5 aliphatic carbocycles. The highest BCUT2D eigenvalue weighted by Gasteiger charge is 2.79. The number of hydrogen-bond donors (Lipinski definition) is 1. The maximum absolute atomic E-state index is 15.2. The Kier molecular flexibility index (Phi) is 7.03. The molecule has 5 aliphatic rings. The van der Waals surface area contributed by atoms with Gasteiger partial charge in [-0.25, -0.2) is 0 Å². The zero-order valence-corrected chi connectivity index (χ0v) is 27.7. The summed E-state index contributed by atoms with van der Waals surface area (Å²) in [5, 5.41) is 11.2. The quantitative estimate of drug-likeness (QED) is 0.277. The van der Waals surface area contributed by atoms with E-state index in [1.807, 2.05) is 0 Å². The summed E-state index contributed by atoms with van der Waals surface area (Å²) in [6.45, 7) is 24.9. The van der Waals surface area contributed by atoms with Gasteiger partial charge in [0.05, 0.1) is 14.0 Å². The molecule has 5 saturated carbocycles. The topological polar surface area (TPSA) is 54.4 Å². The summed E-state index contributed by atoms with van der Waals surface area (Å²) in [7, 11) is 7.33. The summed E-state index contributed by atoms with van der Waals surface area (Å²) < 4.78 is 0. The van der Waals surface area contributed by atoms with Crippen LogP contribution in [-0.2, 0) is 9.59 Å². The molecule has 2 unspecified atom stereocenters. The van der Waals surface area contributed by atoms with Crippen LogP contribution in [0.4, 0.5) is 0 Å². The Labute approximate surface area is 252 Å². The molecule has 0 aromatic carbocycles. The van der Waals surface area contributed by atoms with E-state index in [0.717, 1.165) is 64.2 Å². The van der Waals surface area contributed by atoms with Gasteiger partial charge in [-0.3, -0.25) is 9.59 Å². The predicted octanol–water partition coefficient (Wildman–Crippen LogP) is 8.45. The van der Waals surface area contributed by atoms with Gasteiger partial charge in [0.15, 0.2) is 0 Å². The SMILES string of the molecule is [B]C1C(=O)[C@@H]2[C@]3(C=C=C)CC(C)(C)CC[C@]3(C(=O)CCC)CC[C@@]2(C)[C@]2(C)CC[C@@]3(C)C(C)(C)[C@@H](O)CC[C@]3(C)C12. The van der Waals surface area contributed by atoms with Gasteiger partial charge in [-0.2, -0.15) is 0 Å². The number of carbonyl (C=O) groups excluding carboxylic acids is 2. The number of fused-ring (bicyclic) bond motifs is 7. The Morgan fingerprint density at radius 1 is 0.951 bits per heavy atom. The molecule has 0 saturated heterocycles. The van der Waals surface area contributed by atoms with E-state index < -0.39 is 16.6 Å². The number of rotatable bonds is 4. The summed E-state index contributed by atoms with van der Waals surface area (Å²) in [5.41, 5.74) is 0.963. The van der Waals surface area contributed by atoms with Gasteiger partial charge in [0.25, 0.3) is 0 Å². The molecule has 2 radical (unpaired) electrons. The van der Waals surface area contributed by atoms with Crippen molar-refractivity contribution in [1.82, 2.24) is 0 Å².